The monoisotopic (exact) mass is 681 g/mol. The van der Waals surface area contributed by atoms with Crippen molar-refractivity contribution in [3.8, 4) is 0 Å². The van der Waals surface area contributed by atoms with Gasteiger partial charge >= 0.3 is 0 Å². The molecule has 0 heterocycles. The summed E-state index contributed by atoms with van der Waals surface area (Å²) in [5, 5.41) is 0. The van der Waals surface area contributed by atoms with Crippen molar-refractivity contribution in [2.24, 2.45) is 17.3 Å². The second-order valence-electron chi connectivity index (χ2n) is 10.5. The van der Waals surface area contributed by atoms with E-state index in [4.69, 9.17) is 0 Å². The van der Waals surface area contributed by atoms with Crippen LogP contribution in [0.1, 0.15) is 163 Å². The second-order valence-corrected chi connectivity index (χ2v) is 10.5. The third-order valence-electron chi connectivity index (χ3n) is 7.57. The highest BCUT2D eigenvalue weighted by atomic mass is 19.3. The standard InChI is InChI=1S/C15H19F3O.C15H26.C3H8.3C2H6.2CH3F/c1-4-12-8-13(11(3)19)5-6-14(12)7-10(2)15(17,18)9-16;1-4-6-7-8-11-14(3)15(5-2)12-9-10-13-15;1-3-2;5*1-2/h5-6,8,10H,4,7,9H2,1-3H3;6-8,11,14H,4-5,9-10,12-13H2,1-3H3;3H2,1-2H3;3*1-2H3;2*1H3/b;7-6-,11-8-;;;;;;. The molecule has 0 aromatic heterocycles. The normalized spacial score (nSPS) is 13.7. The largest absolute Gasteiger partial charge is 0.295 e. The Hall–Kier alpha value is -1.98. The molecule has 1 fully saturated rings. The van der Waals surface area contributed by atoms with E-state index in [0.717, 1.165) is 23.5 Å². The zero-order valence-electron chi connectivity index (χ0n) is 33.6. The van der Waals surface area contributed by atoms with Gasteiger partial charge in [-0.05, 0) is 74.0 Å². The van der Waals surface area contributed by atoms with Crippen molar-refractivity contribution in [3.05, 3.63) is 59.2 Å². The van der Waals surface area contributed by atoms with Gasteiger partial charge in [0.1, 0.15) is 0 Å². The summed E-state index contributed by atoms with van der Waals surface area (Å²) in [7, 11) is 1.00. The Balaban J connectivity index is -0.000000134. The van der Waals surface area contributed by atoms with Crippen molar-refractivity contribution in [2.75, 3.05) is 21.0 Å². The number of aryl methyl sites for hydroxylation is 1. The van der Waals surface area contributed by atoms with Crippen molar-refractivity contribution in [1.29, 1.82) is 0 Å². The fourth-order valence-corrected chi connectivity index (χ4v) is 4.84. The number of rotatable bonds is 11. The third-order valence-corrected chi connectivity index (χ3v) is 7.57. The van der Waals surface area contributed by atoms with Gasteiger partial charge in [0.15, 0.2) is 12.5 Å². The van der Waals surface area contributed by atoms with Gasteiger partial charge in [-0.25, -0.2) is 13.2 Å². The Morgan fingerprint density at radius 1 is 0.851 bits per heavy atom. The van der Waals surface area contributed by atoms with E-state index < -0.39 is 18.5 Å². The van der Waals surface area contributed by atoms with E-state index in [1.165, 1.54) is 52.4 Å². The summed E-state index contributed by atoms with van der Waals surface area (Å²) in [5.74, 6) is -3.68. The third kappa shape index (κ3) is 26.6. The summed E-state index contributed by atoms with van der Waals surface area (Å²) in [4.78, 5) is 11.3. The average molecular weight is 681 g/mol. The lowest BCUT2D eigenvalue weighted by atomic mass is 9.72. The smallest absolute Gasteiger partial charge is 0.278 e. The molecule has 0 bridgehead atoms. The number of Topliss-reactive ketones (excluding diaryl/α,β-unsaturated/α-hetero) is 1. The predicted octanol–water partition coefficient (Wildman–Crippen LogP) is 15.0. The van der Waals surface area contributed by atoms with E-state index in [9.17, 15) is 26.7 Å². The Morgan fingerprint density at radius 3 is 1.68 bits per heavy atom. The van der Waals surface area contributed by atoms with Crippen LogP contribution in [0.4, 0.5) is 22.0 Å². The Morgan fingerprint density at radius 2 is 1.32 bits per heavy atom. The summed E-state index contributed by atoms with van der Waals surface area (Å²) < 4.78 is 57.8. The number of carbonyl (C=O) groups excluding carboxylic acids is 1. The van der Waals surface area contributed by atoms with Gasteiger partial charge in [0.25, 0.3) is 5.92 Å². The van der Waals surface area contributed by atoms with Gasteiger partial charge in [0.05, 0.1) is 14.4 Å². The van der Waals surface area contributed by atoms with Gasteiger partial charge < -0.3 is 0 Å². The van der Waals surface area contributed by atoms with Gasteiger partial charge in [-0.3, -0.25) is 13.6 Å². The first-order valence-corrected chi connectivity index (χ1v) is 18.1. The summed E-state index contributed by atoms with van der Waals surface area (Å²) in [6, 6.07) is 5.06. The van der Waals surface area contributed by atoms with Crippen molar-refractivity contribution in [1.82, 2.24) is 0 Å². The fourth-order valence-electron chi connectivity index (χ4n) is 4.84. The van der Waals surface area contributed by atoms with Crippen LogP contribution in [-0.4, -0.2) is 32.7 Å². The van der Waals surface area contributed by atoms with Gasteiger partial charge in [-0.15, -0.1) is 0 Å². The lowest BCUT2D eigenvalue weighted by molar-refractivity contribution is -0.0696. The molecule has 6 heteroatoms. The molecule has 282 valence electrons. The molecule has 2 rings (SSSR count). The van der Waals surface area contributed by atoms with Crippen LogP contribution in [0.15, 0.2) is 42.5 Å². The zero-order valence-corrected chi connectivity index (χ0v) is 33.6. The van der Waals surface area contributed by atoms with Crippen LogP contribution in [0.2, 0.25) is 0 Å². The van der Waals surface area contributed by atoms with Crippen LogP contribution in [0.5, 0.6) is 0 Å². The van der Waals surface area contributed by atoms with Crippen LogP contribution < -0.4 is 0 Å². The summed E-state index contributed by atoms with van der Waals surface area (Å²) in [6.45, 7) is 26.3. The minimum absolute atomic E-state index is 0.0524. The van der Waals surface area contributed by atoms with Crippen molar-refractivity contribution in [3.63, 3.8) is 0 Å². The fraction of sp³-hybridized carbons (Fsp3) is 0.732. The minimum Gasteiger partial charge on any atom is -0.295 e. The van der Waals surface area contributed by atoms with Gasteiger partial charge in [-0.1, -0.05) is 146 Å². The number of allylic oxidation sites excluding steroid dienone is 4. The Kier molecular flexibility index (Phi) is 49.0. The molecule has 47 heavy (non-hydrogen) atoms. The van der Waals surface area contributed by atoms with E-state index in [-0.39, 0.29) is 12.2 Å². The zero-order chi connectivity index (χ0) is 38.5. The lowest BCUT2D eigenvalue weighted by Crippen LogP contribution is -2.30. The second kappa shape index (κ2) is 40.2. The Bertz CT molecular complexity index is 827. The maximum absolute atomic E-state index is 13.2. The van der Waals surface area contributed by atoms with Gasteiger partial charge in [0.2, 0.25) is 0 Å². The maximum atomic E-state index is 13.2. The number of hydrogen-bond acceptors (Lipinski definition) is 1. The number of ketones is 1. The molecule has 1 saturated carbocycles. The highest BCUT2D eigenvalue weighted by Crippen LogP contribution is 2.47. The summed E-state index contributed by atoms with van der Waals surface area (Å²) >= 11 is 0. The van der Waals surface area contributed by atoms with Crippen molar-refractivity contribution in [2.45, 2.75) is 161 Å². The molecular weight excluding hydrogens is 603 g/mol. The first kappa shape index (κ1) is 57.3. The summed E-state index contributed by atoms with van der Waals surface area (Å²) in [6.07, 6.45) is 19.3. The molecule has 0 saturated heterocycles. The molecule has 0 aliphatic heterocycles. The molecule has 0 radical (unpaired) electrons. The highest BCUT2D eigenvalue weighted by Gasteiger charge is 2.37. The molecule has 0 spiro atoms. The number of hydrogen-bond donors (Lipinski definition) is 0. The molecule has 1 aliphatic rings. The average Bonchev–Trinajstić information content (AvgIpc) is 3.62. The molecule has 2 unspecified atom stereocenters. The predicted molar refractivity (Wildman–Crippen MR) is 203 cm³/mol. The molecule has 0 amide bonds. The molecule has 1 nitrogen and oxygen atoms in total. The van der Waals surface area contributed by atoms with Crippen molar-refractivity contribution >= 4 is 5.78 Å². The molecule has 2 atom stereocenters. The van der Waals surface area contributed by atoms with E-state index in [2.05, 4.69) is 58.9 Å². The maximum Gasteiger partial charge on any atom is 0.278 e. The van der Waals surface area contributed by atoms with E-state index in [1.807, 2.05) is 48.5 Å². The topological polar surface area (TPSA) is 17.1 Å². The van der Waals surface area contributed by atoms with Crippen LogP contribution in [0.3, 0.4) is 0 Å². The van der Waals surface area contributed by atoms with E-state index in [1.54, 1.807) is 18.2 Å². The molecule has 0 N–H and O–H groups in total. The first-order chi connectivity index (χ1) is 22.5. The molecule has 1 aromatic carbocycles. The van der Waals surface area contributed by atoms with Gasteiger partial charge in [0, 0.05) is 11.5 Å². The lowest BCUT2D eigenvalue weighted by Gasteiger charge is -2.32. The van der Waals surface area contributed by atoms with Crippen LogP contribution >= 0.6 is 0 Å². The van der Waals surface area contributed by atoms with Crippen LogP contribution in [0, 0.1) is 17.3 Å². The first-order valence-electron chi connectivity index (χ1n) is 18.1. The number of benzene rings is 1. The number of carbonyl (C=O) groups is 1. The van der Waals surface area contributed by atoms with Crippen LogP contribution in [-0.2, 0) is 12.8 Å². The quantitative estimate of drug-likeness (QED) is 0.129. The molecule has 1 aromatic rings. The Labute approximate surface area is 290 Å². The summed E-state index contributed by atoms with van der Waals surface area (Å²) in [5.41, 5.74) is 2.82. The SMILES string of the molecule is CC.CC.CC.CC/C=C\C=C/C(C)C1(CC)CCCC1.CCC.CCc1cc(C(C)=O)ccc1CC(C)C(F)(F)CF.CF.CF. The van der Waals surface area contributed by atoms with Gasteiger partial charge in [-0.2, -0.15) is 0 Å². The van der Waals surface area contributed by atoms with Crippen LogP contribution in [0.25, 0.3) is 0 Å². The number of halogens is 5. The molecular formula is C41H77F5O. The minimum atomic E-state index is -3.30. The number of alkyl halides is 5. The van der Waals surface area contributed by atoms with E-state index >= 15 is 0 Å². The van der Waals surface area contributed by atoms with Crippen molar-refractivity contribution < 1.29 is 26.7 Å². The van der Waals surface area contributed by atoms with E-state index in [0.29, 0.717) is 31.8 Å². The highest BCUT2D eigenvalue weighted by molar-refractivity contribution is 5.94. The molecule has 1 aliphatic carbocycles.